The van der Waals surface area contributed by atoms with Gasteiger partial charge in [-0.05, 0) is 6.92 Å². The lowest BCUT2D eigenvalue weighted by atomic mass is 10.2. The Bertz CT molecular complexity index is 331. The predicted octanol–water partition coefficient (Wildman–Crippen LogP) is -1.40. The van der Waals surface area contributed by atoms with E-state index < -0.39 is 37.0 Å². The maximum Gasteiger partial charge on any atom is 0.317 e. The van der Waals surface area contributed by atoms with Gasteiger partial charge in [-0.1, -0.05) is 5.92 Å². The lowest BCUT2D eigenvalue weighted by molar-refractivity contribution is -0.143. The van der Waals surface area contributed by atoms with Crippen molar-refractivity contribution in [1.29, 1.82) is 0 Å². The molecule has 7 heteroatoms. The first-order valence-electron chi connectivity index (χ1n) is 4.77. The standard InChI is InChI=1S/C10H14N2O5/c1-3-4-11-10(17)7(2)12(5-8(13)14)6-9(15)16/h1,7H,4-6H2,2H3,(H,11,17)(H,13,14)(H,15,16). The molecule has 0 spiro atoms. The number of carboxylic acid groups (broad SMARTS) is 2. The molecule has 0 heterocycles. The fourth-order valence-electron chi connectivity index (χ4n) is 1.13. The number of carboxylic acids is 2. The number of aliphatic carboxylic acids is 2. The molecule has 0 rings (SSSR count). The second-order valence-electron chi connectivity index (χ2n) is 3.29. The predicted molar refractivity (Wildman–Crippen MR) is 58.1 cm³/mol. The Labute approximate surface area is 98.4 Å². The molecule has 0 aliphatic heterocycles. The van der Waals surface area contributed by atoms with E-state index in [1.54, 1.807) is 0 Å². The van der Waals surface area contributed by atoms with Crippen molar-refractivity contribution >= 4 is 17.8 Å². The van der Waals surface area contributed by atoms with Crippen LogP contribution in [0.15, 0.2) is 0 Å². The number of carbonyl (C=O) groups is 3. The first kappa shape index (κ1) is 14.9. The zero-order valence-corrected chi connectivity index (χ0v) is 9.34. The van der Waals surface area contributed by atoms with Gasteiger partial charge in [0.2, 0.25) is 5.91 Å². The molecule has 94 valence electrons. The van der Waals surface area contributed by atoms with Crippen LogP contribution in [-0.4, -0.2) is 58.6 Å². The molecule has 3 N–H and O–H groups in total. The lowest BCUT2D eigenvalue weighted by Gasteiger charge is -2.24. The average Bonchev–Trinajstić information content (AvgIpc) is 2.22. The van der Waals surface area contributed by atoms with Crippen LogP contribution in [0.25, 0.3) is 0 Å². The van der Waals surface area contributed by atoms with Crippen LogP contribution in [0, 0.1) is 12.3 Å². The summed E-state index contributed by atoms with van der Waals surface area (Å²) in [5.74, 6) is -0.729. The van der Waals surface area contributed by atoms with Crippen LogP contribution in [-0.2, 0) is 14.4 Å². The van der Waals surface area contributed by atoms with E-state index >= 15 is 0 Å². The topological polar surface area (TPSA) is 107 Å². The molecule has 0 radical (unpaired) electrons. The van der Waals surface area contributed by atoms with Gasteiger partial charge in [0, 0.05) is 0 Å². The summed E-state index contributed by atoms with van der Waals surface area (Å²) in [6.45, 7) is 0.364. The fourth-order valence-corrected chi connectivity index (χ4v) is 1.13. The minimum atomic E-state index is -1.21. The molecular weight excluding hydrogens is 228 g/mol. The lowest BCUT2D eigenvalue weighted by Crippen LogP contribution is -2.49. The summed E-state index contributed by atoms with van der Waals surface area (Å²) in [6.07, 6.45) is 4.95. The Morgan fingerprint density at radius 2 is 1.76 bits per heavy atom. The van der Waals surface area contributed by atoms with Crippen molar-refractivity contribution in [2.75, 3.05) is 19.6 Å². The summed E-state index contributed by atoms with van der Waals surface area (Å²) in [7, 11) is 0. The van der Waals surface area contributed by atoms with Gasteiger partial charge in [-0.25, -0.2) is 0 Å². The summed E-state index contributed by atoms with van der Waals surface area (Å²) >= 11 is 0. The molecule has 0 aliphatic carbocycles. The van der Waals surface area contributed by atoms with Crippen LogP contribution in [0.3, 0.4) is 0 Å². The van der Waals surface area contributed by atoms with Crippen LogP contribution in [0.2, 0.25) is 0 Å². The maximum absolute atomic E-state index is 11.5. The van der Waals surface area contributed by atoms with Crippen molar-refractivity contribution in [2.45, 2.75) is 13.0 Å². The van der Waals surface area contributed by atoms with Crippen LogP contribution < -0.4 is 5.32 Å². The monoisotopic (exact) mass is 242 g/mol. The van der Waals surface area contributed by atoms with Crippen LogP contribution >= 0.6 is 0 Å². The third kappa shape index (κ3) is 6.17. The number of rotatable bonds is 7. The van der Waals surface area contributed by atoms with E-state index in [-0.39, 0.29) is 6.54 Å². The summed E-state index contributed by atoms with van der Waals surface area (Å²) < 4.78 is 0. The molecule has 1 unspecified atom stereocenters. The van der Waals surface area contributed by atoms with Crippen LogP contribution in [0.5, 0.6) is 0 Å². The first-order chi connectivity index (χ1) is 7.88. The second kappa shape index (κ2) is 7.24. The molecule has 1 atom stereocenters. The Morgan fingerprint density at radius 3 is 2.12 bits per heavy atom. The minimum Gasteiger partial charge on any atom is -0.480 e. The number of hydrogen-bond acceptors (Lipinski definition) is 4. The van der Waals surface area contributed by atoms with E-state index in [4.69, 9.17) is 16.6 Å². The van der Waals surface area contributed by atoms with E-state index in [0.29, 0.717) is 0 Å². The minimum absolute atomic E-state index is 0.0111. The molecular formula is C10H14N2O5. The van der Waals surface area contributed by atoms with Crippen molar-refractivity contribution in [3.05, 3.63) is 0 Å². The zero-order valence-electron chi connectivity index (χ0n) is 9.34. The van der Waals surface area contributed by atoms with Crippen molar-refractivity contribution in [3.8, 4) is 12.3 Å². The van der Waals surface area contributed by atoms with Gasteiger partial charge in [-0.2, -0.15) is 0 Å². The van der Waals surface area contributed by atoms with Gasteiger partial charge in [0.15, 0.2) is 0 Å². The number of terminal acetylenes is 1. The Kier molecular flexibility index (Phi) is 6.36. The van der Waals surface area contributed by atoms with E-state index in [0.717, 1.165) is 4.90 Å². The van der Waals surface area contributed by atoms with E-state index in [9.17, 15) is 14.4 Å². The van der Waals surface area contributed by atoms with E-state index in [2.05, 4.69) is 11.2 Å². The molecule has 0 saturated heterocycles. The highest BCUT2D eigenvalue weighted by molar-refractivity contribution is 5.83. The summed E-state index contributed by atoms with van der Waals surface area (Å²) in [5, 5.41) is 19.6. The van der Waals surface area contributed by atoms with Gasteiger partial charge in [0.05, 0.1) is 25.7 Å². The van der Waals surface area contributed by atoms with Gasteiger partial charge in [0.1, 0.15) is 0 Å². The number of nitrogens with one attached hydrogen (secondary N) is 1. The molecule has 1 amide bonds. The fraction of sp³-hybridized carbons (Fsp3) is 0.500. The van der Waals surface area contributed by atoms with Gasteiger partial charge >= 0.3 is 11.9 Å². The van der Waals surface area contributed by atoms with Gasteiger partial charge < -0.3 is 15.5 Å². The molecule has 7 nitrogen and oxygen atoms in total. The van der Waals surface area contributed by atoms with E-state index in [1.165, 1.54) is 6.92 Å². The average molecular weight is 242 g/mol. The zero-order chi connectivity index (χ0) is 13.4. The normalized spacial score (nSPS) is 11.6. The molecule has 0 aromatic heterocycles. The molecule has 0 saturated carbocycles. The van der Waals surface area contributed by atoms with Crippen LogP contribution in [0.4, 0.5) is 0 Å². The number of nitrogens with zero attached hydrogens (tertiary/aromatic N) is 1. The molecule has 0 fully saturated rings. The number of hydrogen-bond donors (Lipinski definition) is 3. The third-order valence-corrected chi connectivity index (χ3v) is 1.97. The molecule has 0 aromatic rings. The molecule has 17 heavy (non-hydrogen) atoms. The molecule has 0 bridgehead atoms. The quantitative estimate of drug-likeness (QED) is 0.474. The highest BCUT2D eigenvalue weighted by Gasteiger charge is 2.24. The second-order valence-corrected chi connectivity index (χ2v) is 3.29. The summed E-state index contributed by atoms with van der Waals surface area (Å²) in [5.41, 5.74) is 0. The SMILES string of the molecule is C#CCNC(=O)C(C)N(CC(=O)O)CC(=O)O. The Morgan fingerprint density at radius 1 is 1.29 bits per heavy atom. The van der Waals surface area contributed by atoms with E-state index in [1.807, 2.05) is 0 Å². The van der Waals surface area contributed by atoms with Crippen molar-refractivity contribution in [3.63, 3.8) is 0 Å². The smallest absolute Gasteiger partial charge is 0.317 e. The summed E-state index contributed by atoms with van der Waals surface area (Å²) in [6, 6.07) is -0.879. The van der Waals surface area contributed by atoms with Crippen LogP contribution in [0.1, 0.15) is 6.92 Å². The largest absolute Gasteiger partial charge is 0.480 e. The summed E-state index contributed by atoms with van der Waals surface area (Å²) in [4.78, 5) is 33.6. The number of carbonyl (C=O) groups excluding carboxylic acids is 1. The van der Waals surface area contributed by atoms with Crippen molar-refractivity contribution < 1.29 is 24.6 Å². The maximum atomic E-state index is 11.5. The number of amides is 1. The Hall–Kier alpha value is -2.07. The first-order valence-corrected chi connectivity index (χ1v) is 4.77. The highest BCUT2D eigenvalue weighted by Crippen LogP contribution is 1.99. The molecule has 0 aromatic carbocycles. The van der Waals surface area contributed by atoms with Crippen molar-refractivity contribution in [1.82, 2.24) is 10.2 Å². The molecule has 0 aliphatic rings. The van der Waals surface area contributed by atoms with Gasteiger partial charge in [0.25, 0.3) is 0 Å². The Balaban J connectivity index is 4.55. The van der Waals surface area contributed by atoms with Gasteiger partial charge in [-0.15, -0.1) is 6.42 Å². The third-order valence-electron chi connectivity index (χ3n) is 1.97. The van der Waals surface area contributed by atoms with Crippen molar-refractivity contribution in [2.24, 2.45) is 0 Å². The highest BCUT2D eigenvalue weighted by atomic mass is 16.4. The van der Waals surface area contributed by atoms with Gasteiger partial charge in [-0.3, -0.25) is 19.3 Å².